The molecule has 0 aromatic carbocycles. The molecule has 0 radical (unpaired) electrons. The second kappa shape index (κ2) is 6.86. The Morgan fingerprint density at radius 1 is 0.844 bits per heavy atom. The molecular formula is C29H46O3. The van der Waals surface area contributed by atoms with Gasteiger partial charge in [0.1, 0.15) is 0 Å². The molecule has 0 aromatic heterocycles. The van der Waals surface area contributed by atoms with Crippen molar-refractivity contribution in [1.82, 2.24) is 0 Å². The van der Waals surface area contributed by atoms with Gasteiger partial charge in [0.2, 0.25) is 0 Å². The molecule has 5 rings (SSSR count). The summed E-state index contributed by atoms with van der Waals surface area (Å²) in [6.45, 7) is 14.4. The van der Waals surface area contributed by atoms with Crippen molar-refractivity contribution in [3.05, 3.63) is 11.6 Å². The van der Waals surface area contributed by atoms with Gasteiger partial charge < -0.3 is 10.2 Å². The van der Waals surface area contributed by atoms with Gasteiger partial charge in [0.25, 0.3) is 0 Å². The van der Waals surface area contributed by atoms with Gasteiger partial charge in [-0.15, -0.1) is 0 Å². The van der Waals surface area contributed by atoms with Crippen molar-refractivity contribution < 1.29 is 15.0 Å². The van der Waals surface area contributed by atoms with E-state index in [0.717, 1.165) is 51.4 Å². The van der Waals surface area contributed by atoms with Gasteiger partial charge in [-0.3, -0.25) is 4.79 Å². The van der Waals surface area contributed by atoms with Crippen LogP contribution in [0.15, 0.2) is 11.6 Å². The van der Waals surface area contributed by atoms with Gasteiger partial charge >= 0.3 is 5.97 Å². The summed E-state index contributed by atoms with van der Waals surface area (Å²) in [6.07, 6.45) is 12.8. The minimum absolute atomic E-state index is 0.0171. The minimum Gasteiger partial charge on any atom is -0.481 e. The van der Waals surface area contributed by atoms with Crippen LogP contribution in [0, 0.1) is 50.7 Å². The summed E-state index contributed by atoms with van der Waals surface area (Å²) in [5.41, 5.74) is 1.75. The van der Waals surface area contributed by atoms with Gasteiger partial charge in [0, 0.05) is 0 Å². The van der Waals surface area contributed by atoms with Crippen LogP contribution in [0.4, 0.5) is 0 Å². The van der Waals surface area contributed by atoms with Crippen LogP contribution in [0.1, 0.15) is 106 Å². The number of fused-ring (bicyclic) bond motifs is 7. The number of hydrogen-bond acceptors (Lipinski definition) is 2. The maximum absolute atomic E-state index is 12.6. The van der Waals surface area contributed by atoms with Crippen molar-refractivity contribution in [2.75, 3.05) is 0 Å². The molecule has 3 nitrogen and oxygen atoms in total. The first-order valence-electron chi connectivity index (χ1n) is 13.4. The molecule has 32 heavy (non-hydrogen) atoms. The van der Waals surface area contributed by atoms with E-state index in [1.807, 2.05) is 0 Å². The quantitative estimate of drug-likeness (QED) is 0.437. The lowest BCUT2D eigenvalue weighted by Gasteiger charge is -2.68. The summed E-state index contributed by atoms with van der Waals surface area (Å²) in [7, 11) is 0. The Hall–Kier alpha value is -0.830. The summed E-state index contributed by atoms with van der Waals surface area (Å²) in [5, 5.41) is 21.2. The molecule has 4 fully saturated rings. The standard InChI is InChI=1S/C29H46O3/c1-25(2)15-16-29(24(31)32)14-9-19-18(20(29)17-25)7-8-22-27(19,5)12-10-21-26(3,4)23(30)11-13-28(21,22)6/h7,19-23,30H,8-17H2,1-6H3,(H,31,32)/t19?,20-,21?,22?,23-,27?,28?,29+/m0/s1. The summed E-state index contributed by atoms with van der Waals surface area (Å²) >= 11 is 0. The van der Waals surface area contributed by atoms with E-state index >= 15 is 0 Å². The number of rotatable bonds is 1. The number of aliphatic hydroxyl groups excluding tert-OH is 1. The zero-order valence-electron chi connectivity index (χ0n) is 21.3. The van der Waals surface area contributed by atoms with E-state index in [1.165, 1.54) is 18.4 Å². The van der Waals surface area contributed by atoms with Gasteiger partial charge in [0.15, 0.2) is 0 Å². The van der Waals surface area contributed by atoms with Crippen molar-refractivity contribution in [2.24, 2.45) is 50.7 Å². The highest BCUT2D eigenvalue weighted by Crippen LogP contribution is 2.72. The molecule has 8 atom stereocenters. The number of aliphatic carboxylic acids is 1. The highest BCUT2D eigenvalue weighted by atomic mass is 16.4. The number of aliphatic hydroxyl groups is 1. The molecule has 0 bridgehead atoms. The van der Waals surface area contributed by atoms with Crippen molar-refractivity contribution in [2.45, 2.75) is 112 Å². The first kappa shape index (κ1) is 22.9. The van der Waals surface area contributed by atoms with Crippen molar-refractivity contribution in [1.29, 1.82) is 0 Å². The molecule has 180 valence electrons. The van der Waals surface area contributed by atoms with Crippen LogP contribution < -0.4 is 0 Å². The van der Waals surface area contributed by atoms with Gasteiger partial charge in [-0.25, -0.2) is 0 Å². The van der Waals surface area contributed by atoms with Crippen LogP contribution in [0.2, 0.25) is 0 Å². The topological polar surface area (TPSA) is 57.5 Å². The molecular weight excluding hydrogens is 396 g/mol. The molecule has 0 heterocycles. The van der Waals surface area contributed by atoms with Crippen molar-refractivity contribution >= 4 is 5.97 Å². The molecule has 0 saturated heterocycles. The Morgan fingerprint density at radius 2 is 1.53 bits per heavy atom. The van der Waals surface area contributed by atoms with E-state index in [-0.39, 0.29) is 33.7 Å². The summed E-state index contributed by atoms with van der Waals surface area (Å²) in [6, 6.07) is 0. The molecule has 4 saturated carbocycles. The second-order valence-corrected chi connectivity index (χ2v) is 14.4. The highest BCUT2D eigenvalue weighted by molar-refractivity contribution is 5.76. The monoisotopic (exact) mass is 442 g/mol. The third-order valence-electron chi connectivity index (χ3n) is 12.2. The average Bonchev–Trinajstić information content (AvgIpc) is 2.70. The Bertz CT molecular complexity index is 839. The van der Waals surface area contributed by atoms with E-state index in [9.17, 15) is 15.0 Å². The number of hydrogen-bond donors (Lipinski definition) is 2. The lowest BCUT2D eigenvalue weighted by atomic mass is 9.37. The second-order valence-electron chi connectivity index (χ2n) is 14.4. The van der Waals surface area contributed by atoms with Crippen molar-refractivity contribution in [3.8, 4) is 0 Å². The lowest BCUT2D eigenvalue weighted by Crippen LogP contribution is -2.62. The van der Waals surface area contributed by atoms with Crippen LogP contribution in [-0.2, 0) is 4.79 Å². The van der Waals surface area contributed by atoms with Crippen LogP contribution >= 0.6 is 0 Å². The summed E-state index contributed by atoms with van der Waals surface area (Å²) in [5.74, 6) is 1.43. The first-order chi connectivity index (χ1) is 14.8. The molecule has 0 aromatic rings. The normalized spacial score (nSPS) is 51.3. The van der Waals surface area contributed by atoms with Gasteiger partial charge in [-0.2, -0.15) is 0 Å². The molecule has 0 spiro atoms. The van der Waals surface area contributed by atoms with E-state index < -0.39 is 11.4 Å². The fourth-order valence-corrected chi connectivity index (χ4v) is 10.3. The molecule has 0 aliphatic heterocycles. The van der Waals surface area contributed by atoms with Crippen LogP contribution in [0.5, 0.6) is 0 Å². The maximum atomic E-state index is 12.6. The third-order valence-corrected chi connectivity index (χ3v) is 12.2. The van der Waals surface area contributed by atoms with E-state index in [0.29, 0.717) is 17.8 Å². The molecule has 5 aliphatic rings. The molecule has 5 unspecified atom stereocenters. The van der Waals surface area contributed by atoms with Crippen LogP contribution in [-0.4, -0.2) is 22.3 Å². The minimum atomic E-state index is -0.539. The van der Waals surface area contributed by atoms with Gasteiger partial charge in [0.05, 0.1) is 11.5 Å². The number of carboxylic acid groups (broad SMARTS) is 1. The highest BCUT2D eigenvalue weighted by Gasteiger charge is 2.65. The number of carbonyl (C=O) groups is 1. The zero-order valence-corrected chi connectivity index (χ0v) is 21.3. The zero-order chi connectivity index (χ0) is 23.3. The Labute approximate surface area is 195 Å². The Kier molecular flexibility index (Phi) is 4.92. The van der Waals surface area contributed by atoms with Crippen LogP contribution in [0.3, 0.4) is 0 Å². The molecule has 2 N–H and O–H groups in total. The summed E-state index contributed by atoms with van der Waals surface area (Å²) < 4.78 is 0. The van der Waals surface area contributed by atoms with E-state index in [2.05, 4.69) is 47.6 Å². The number of carboxylic acids is 1. The summed E-state index contributed by atoms with van der Waals surface area (Å²) in [4.78, 5) is 12.6. The largest absolute Gasteiger partial charge is 0.481 e. The van der Waals surface area contributed by atoms with Crippen LogP contribution in [0.25, 0.3) is 0 Å². The predicted molar refractivity (Wildman–Crippen MR) is 128 cm³/mol. The predicted octanol–water partition coefficient (Wildman–Crippen LogP) is 6.84. The van der Waals surface area contributed by atoms with E-state index in [1.54, 1.807) is 0 Å². The van der Waals surface area contributed by atoms with Gasteiger partial charge in [-0.05, 0) is 110 Å². The Morgan fingerprint density at radius 3 is 2.22 bits per heavy atom. The molecule has 5 aliphatic carbocycles. The lowest BCUT2D eigenvalue weighted by molar-refractivity contribution is -0.188. The SMILES string of the molecule is CC1(C)CC[C@]2(C(=O)O)CCC3C(=CCC4C3(C)CCC3C4(C)CC[C@H](O)C3(C)C)[C@@H]2C1. The van der Waals surface area contributed by atoms with Gasteiger partial charge in [-0.1, -0.05) is 53.2 Å². The third kappa shape index (κ3) is 2.85. The average molecular weight is 443 g/mol. The Balaban J connectivity index is 1.55. The first-order valence-corrected chi connectivity index (χ1v) is 13.4. The van der Waals surface area contributed by atoms with Crippen molar-refractivity contribution in [3.63, 3.8) is 0 Å². The molecule has 3 heteroatoms. The number of allylic oxidation sites excluding steroid dienone is 2. The smallest absolute Gasteiger partial charge is 0.310 e. The fraction of sp³-hybridized carbons (Fsp3) is 0.897. The molecule has 0 amide bonds. The van der Waals surface area contributed by atoms with E-state index in [4.69, 9.17) is 0 Å². The maximum Gasteiger partial charge on any atom is 0.310 e. The fourth-order valence-electron chi connectivity index (χ4n) is 10.3.